The van der Waals surface area contributed by atoms with Gasteiger partial charge in [-0.1, -0.05) is 0 Å². The van der Waals surface area contributed by atoms with E-state index >= 15 is 0 Å². The Balaban J connectivity index is 1.77. The number of likely N-dealkylation sites (tertiary alicyclic amines) is 1. The molecule has 1 unspecified atom stereocenters. The van der Waals surface area contributed by atoms with E-state index in [1.54, 1.807) is 11.3 Å². The third-order valence-electron chi connectivity index (χ3n) is 3.73. The summed E-state index contributed by atoms with van der Waals surface area (Å²) in [6.45, 7) is 10.1. The second-order valence-electron chi connectivity index (χ2n) is 5.48. The molecule has 1 fully saturated rings. The zero-order valence-electron chi connectivity index (χ0n) is 11.8. The minimum Gasteiger partial charge on any atom is -0.309 e. The monoisotopic (exact) mass is 267 g/mol. The average Bonchev–Trinajstić information content (AvgIpc) is 2.62. The summed E-state index contributed by atoms with van der Waals surface area (Å²) < 4.78 is 0. The fourth-order valence-electron chi connectivity index (χ4n) is 2.57. The lowest BCUT2D eigenvalue weighted by Gasteiger charge is -2.24. The lowest BCUT2D eigenvalue weighted by atomic mass is 10.1. The van der Waals surface area contributed by atoms with Gasteiger partial charge in [0.15, 0.2) is 0 Å². The molecule has 1 aliphatic heterocycles. The summed E-state index contributed by atoms with van der Waals surface area (Å²) in [5, 5.41) is 4.86. The lowest BCUT2D eigenvalue weighted by molar-refractivity contribution is 0.229. The molecule has 102 valence electrons. The maximum atomic E-state index is 4.30. The largest absolute Gasteiger partial charge is 0.309 e. The van der Waals surface area contributed by atoms with E-state index in [2.05, 4.69) is 36.0 Å². The third kappa shape index (κ3) is 4.04. The number of rotatable bonds is 4. The number of hydrogen-bond donors (Lipinski definition) is 1. The average molecular weight is 267 g/mol. The highest BCUT2D eigenvalue weighted by Crippen LogP contribution is 2.15. The second kappa shape index (κ2) is 6.64. The molecule has 1 aromatic heterocycles. The molecule has 1 atom stereocenters. The molecule has 4 heteroatoms. The molecule has 0 saturated carbocycles. The molecule has 0 aliphatic carbocycles. The molecule has 0 spiro atoms. The van der Waals surface area contributed by atoms with Crippen molar-refractivity contribution in [1.82, 2.24) is 15.2 Å². The van der Waals surface area contributed by atoms with Gasteiger partial charge in [0, 0.05) is 29.7 Å². The van der Waals surface area contributed by atoms with Crippen LogP contribution in [-0.4, -0.2) is 35.1 Å². The van der Waals surface area contributed by atoms with E-state index in [0.717, 1.165) is 6.54 Å². The number of hydrogen-bond acceptors (Lipinski definition) is 4. The van der Waals surface area contributed by atoms with E-state index in [9.17, 15) is 0 Å². The topological polar surface area (TPSA) is 28.2 Å². The Morgan fingerprint density at radius 2 is 2.28 bits per heavy atom. The molecule has 0 bridgehead atoms. The van der Waals surface area contributed by atoms with Gasteiger partial charge in [-0.2, -0.15) is 0 Å². The Morgan fingerprint density at radius 3 is 2.94 bits per heavy atom. The summed E-state index contributed by atoms with van der Waals surface area (Å²) in [6, 6.07) is 1.36. The van der Waals surface area contributed by atoms with Crippen molar-refractivity contribution in [2.24, 2.45) is 0 Å². The number of thiazole rings is 1. The summed E-state index contributed by atoms with van der Waals surface area (Å²) in [7, 11) is 0. The van der Waals surface area contributed by atoms with E-state index < -0.39 is 0 Å². The first-order valence-corrected chi connectivity index (χ1v) is 7.85. The van der Waals surface area contributed by atoms with E-state index in [0.29, 0.717) is 12.1 Å². The van der Waals surface area contributed by atoms with Crippen LogP contribution in [0.3, 0.4) is 0 Å². The molecule has 18 heavy (non-hydrogen) atoms. The van der Waals surface area contributed by atoms with Crippen LogP contribution in [0.2, 0.25) is 0 Å². The predicted octanol–water partition coefficient (Wildman–Crippen LogP) is 2.80. The van der Waals surface area contributed by atoms with Crippen molar-refractivity contribution in [3.63, 3.8) is 0 Å². The molecule has 1 N–H and O–H groups in total. The van der Waals surface area contributed by atoms with Crippen molar-refractivity contribution in [3.8, 4) is 0 Å². The Labute approximate surface area is 115 Å². The molecule has 2 rings (SSSR count). The first-order chi connectivity index (χ1) is 8.65. The van der Waals surface area contributed by atoms with Gasteiger partial charge in [-0.15, -0.1) is 11.3 Å². The van der Waals surface area contributed by atoms with Crippen LogP contribution in [0, 0.1) is 6.92 Å². The summed E-state index contributed by atoms with van der Waals surface area (Å²) in [5.74, 6) is 0. The fourth-order valence-corrected chi connectivity index (χ4v) is 3.32. The number of nitrogens with one attached hydrogen (secondary N) is 1. The Kier molecular flexibility index (Phi) is 5.15. The van der Waals surface area contributed by atoms with Crippen LogP contribution >= 0.6 is 11.3 Å². The highest BCUT2D eigenvalue weighted by atomic mass is 32.1. The Bertz CT molecular complexity index is 362. The zero-order chi connectivity index (χ0) is 13.0. The van der Waals surface area contributed by atoms with Crippen LogP contribution in [0.15, 0.2) is 6.20 Å². The lowest BCUT2D eigenvalue weighted by Crippen LogP contribution is -2.33. The van der Waals surface area contributed by atoms with E-state index in [-0.39, 0.29) is 0 Å². The van der Waals surface area contributed by atoms with Crippen molar-refractivity contribution in [1.29, 1.82) is 0 Å². The molecular weight excluding hydrogens is 242 g/mol. The first kappa shape index (κ1) is 14.0. The van der Waals surface area contributed by atoms with Gasteiger partial charge in [0.1, 0.15) is 0 Å². The summed E-state index contributed by atoms with van der Waals surface area (Å²) in [6.07, 6.45) is 5.90. The minimum absolute atomic E-state index is 0.677. The standard InChI is InChI=1S/C14H25N3S/c1-11(2)17-7-4-5-13(6-8-17)16-10-14-9-15-12(3)18-14/h9,11,13,16H,4-8,10H2,1-3H3. The molecule has 1 saturated heterocycles. The normalized spacial score (nSPS) is 22.3. The van der Waals surface area contributed by atoms with Crippen LogP contribution in [0.5, 0.6) is 0 Å². The molecule has 3 nitrogen and oxygen atoms in total. The van der Waals surface area contributed by atoms with Gasteiger partial charge in [-0.05, 0) is 53.1 Å². The molecule has 2 heterocycles. The van der Waals surface area contributed by atoms with E-state index in [1.807, 2.05) is 6.20 Å². The summed E-state index contributed by atoms with van der Waals surface area (Å²) >= 11 is 1.80. The van der Waals surface area contributed by atoms with Crippen molar-refractivity contribution in [2.45, 2.75) is 58.7 Å². The highest BCUT2D eigenvalue weighted by molar-refractivity contribution is 7.11. The van der Waals surface area contributed by atoms with Gasteiger partial charge >= 0.3 is 0 Å². The fraction of sp³-hybridized carbons (Fsp3) is 0.786. The summed E-state index contributed by atoms with van der Waals surface area (Å²) in [5.41, 5.74) is 0. The zero-order valence-corrected chi connectivity index (χ0v) is 12.6. The van der Waals surface area contributed by atoms with Crippen LogP contribution in [-0.2, 0) is 6.54 Å². The van der Waals surface area contributed by atoms with Gasteiger partial charge in [-0.3, -0.25) is 0 Å². The van der Waals surface area contributed by atoms with Crippen molar-refractivity contribution < 1.29 is 0 Å². The van der Waals surface area contributed by atoms with Crippen LogP contribution in [0.4, 0.5) is 0 Å². The van der Waals surface area contributed by atoms with Gasteiger partial charge in [0.2, 0.25) is 0 Å². The molecule has 0 aromatic carbocycles. The molecule has 0 radical (unpaired) electrons. The molecule has 1 aromatic rings. The molecular formula is C14H25N3S. The third-order valence-corrected chi connectivity index (χ3v) is 4.64. The second-order valence-corrected chi connectivity index (χ2v) is 6.80. The van der Waals surface area contributed by atoms with Gasteiger partial charge < -0.3 is 10.2 Å². The summed E-state index contributed by atoms with van der Waals surface area (Å²) in [4.78, 5) is 8.26. The van der Waals surface area contributed by atoms with Gasteiger partial charge in [0.25, 0.3) is 0 Å². The van der Waals surface area contributed by atoms with Gasteiger partial charge in [-0.25, -0.2) is 4.98 Å². The smallest absolute Gasteiger partial charge is 0.0897 e. The number of aromatic nitrogens is 1. The molecule has 0 amide bonds. The van der Waals surface area contributed by atoms with Crippen LogP contribution < -0.4 is 5.32 Å². The van der Waals surface area contributed by atoms with E-state index in [1.165, 1.54) is 42.2 Å². The van der Waals surface area contributed by atoms with Crippen LogP contribution in [0.25, 0.3) is 0 Å². The van der Waals surface area contributed by atoms with Crippen LogP contribution in [0.1, 0.15) is 43.0 Å². The Hall–Kier alpha value is -0.450. The van der Waals surface area contributed by atoms with E-state index in [4.69, 9.17) is 0 Å². The first-order valence-electron chi connectivity index (χ1n) is 7.04. The van der Waals surface area contributed by atoms with Crippen molar-refractivity contribution in [2.75, 3.05) is 13.1 Å². The van der Waals surface area contributed by atoms with Crippen molar-refractivity contribution >= 4 is 11.3 Å². The maximum absolute atomic E-state index is 4.30. The quantitative estimate of drug-likeness (QED) is 0.909. The Morgan fingerprint density at radius 1 is 1.44 bits per heavy atom. The molecule has 1 aliphatic rings. The highest BCUT2D eigenvalue weighted by Gasteiger charge is 2.18. The number of nitrogens with zero attached hydrogens (tertiary/aromatic N) is 2. The SMILES string of the molecule is Cc1ncc(CNC2CCCN(C(C)C)CC2)s1. The minimum atomic E-state index is 0.677. The number of aryl methyl sites for hydroxylation is 1. The van der Waals surface area contributed by atoms with Gasteiger partial charge in [0.05, 0.1) is 5.01 Å². The predicted molar refractivity (Wildman–Crippen MR) is 78.0 cm³/mol. The van der Waals surface area contributed by atoms with Crippen molar-refractivity contribution in [3.05, 3.63) is 16.1 Å². The maximum Gasteiger partial charge on any atom is 0.0897 e.